The van der Waals surface area contributed by atoms with Crippen molar-refractivity contribution in [3.63, 3.8) is 0 Å². The zero-order valence-corrected chi connectivity index (χ0v) is 12.3. The van der Waals surface area contributed by atoms with Gasteiger partial charge in [-0.15, -0.1) is 0 Å². The van der Waals surface area contributed by atoms with Gasteiger partial charge in [-0.3, -0.25) is 9.59 Å². The van der Waals surface area contributed by atoms with Gasteiger partial charge in [0.25, 0.3) is 0 Å². The van der Waals surface area contributed by atoms with Gasteiger partial charge in [0.15, 0.2) is 0 Å². The molecule has 1 saturated heterocycles. The van der Waals surface area contributed by atoms with Crippen molar-refractivity contribution in [2.75, 3.05) is 6.54 Å². The summed E-state index contributed by atoms with van der Waals surface area (Å²) in [5, 5.41) is 6.93. The SMILES string of the molecule is NC(=O)[C@H](Cc1c[nH]c2ccccc12)NC(=O)[C@@H]1CCCN1. The molecule has 6 heteroatoms. The van der Waals surface area contributed by atoms with E-state index in [9.17, 15) is 9.59 Å². The van der Waals surface area contributed by atoms with E-state index < -0.39 is 11.9 Å². The van der Waals surface area contributed by atoms with Gasteiger partial charge in [-0.05, 0) is 31.0 Å². The van der Waals surface area contributed by atoms with Crippen LogP contribution in [0.5, 0.6) is 0 Å². The number of amides is 2. The van der Waals surface area contributed by atoms with Gasteiger partial charge in [-0.1, -0.05) is 18.2 Å². The Morgan fingerprint density at radius 3 is 2.91 bits per heavy atom. The second-order valence-electron chi connectivity index (χ2n) is 5.68. The molecule has 2 atom stereocenters. The summed E-state index contributed by atoms with van der Waals surface area (Å²) in [6.45, 7) is 0.835. The third-order valence-electron chi connectivity index (χ3n) is 4.14. The summed E-state index contributed by atoms with van der Waals surface area (Å²) in [5.41, 5.74) is 7.44. The lowest BCUT2D eigenvalue weighted by Gasteiger charge is -2.18. The molecule has 0 unspecified atom stereocenters. The highest BCUT2D eigenvalue weighted by Crippen LogP contribution is 2.19. The van der Waals surface area contributed by atoms with Crippen molar-refractivity contribution in [1.29, 1.82) is 0 Å². The predicted molar refractivity (Wildman–Crippen MR) is 84.2 cm³/mol. The summed E-state index contributed by atoms with van der Waals surface area (Å²) in [4.78, 5) is 27.0. The molecule has 1 fully saturated rings. The maximum Gasteiger partial charge on any atom is 0.240 e. The van der Waals surface area contributed by atoms with Gasteiger partial charge >= 0.3 is 0 Å². The molecule has 0 radical (unpaired) electrons. The Balaban J connectivity index is 1.74. The average Bonchev–Trinajstić information content (AvgIpc) is 3.16. The van der Waals surface area contributed by atoms with E-state index in [1.807, 2.05) is 30.5 Å². The lowest BCUT2D eigenvalue weighted by Crippen LogP contribution is -2.51. The predicted octanol–water partition coefficient (Wildman–Crippen LogP) is 0.432. The van der Waals surface area contributed by atoms with Crippen molar-refractivity contribution in [2.24, 2.45) is 5.73 Å². The molecular weight excluding hydrogens is 280 g/mol. The van der Waals surface area contributed by atoms with Crippen LogP contribution in [-0.2, 0) is 16.0 Å². The van der Waals surface area contributed by atoms with Gasteiger partial charge in [0.05, 0.1) is 6.04 Å². The first kappa shape index (κ1) is 14.6. The third kappa shape index (κ3) is 2.96. The maximum absolute atomic E-state index is 12.2. The molecule has 0 bridgehead atoms. The van der Waals surface area contributed by atoms with Gasteiger partial charge in [0.2, 0.25) is 11.8 Å². The molecule has 0 aliphatic carbocycles. The second-order valence-corrected chi connectivity index (χ2v) is 5.68. The molecule has 0 saturated carbocycles. The van der Waals surface area contributed by atoms with Crippen LogP contribution in [0.25, 0.3) is 10.9 Å². The van der Waals surface area contributed by atoms with Gasteiger partial charge in [-0.25, -0.2) is 0 Å². The van der Waals surface area contributed by atoms with E-state index in [4.69, 9.17) is 5.73 Å². The molecule has 1 aromatic heterocycles. The summed E-state index contributed by atoms with van der Waals surface area (Å²) in [5.74, 6) is -0.669. The standard InChI is InChI=1S/C16H20N4O2/c17-15(21)14(20-16(22)13-6-3-7-18-13)8-10-9-19-12-5-2-1-4-11(10)12/h1-2,4-5,9,13-14,18-19H,3,6-8H2,(H2,17,21)(H,20,22)/t13-,14-/m0/s1. The quantitative estimate of drug-likeness (QED) is 0.644. The highest BCUT2D eigenvalue weighted by Gasteiger charge is 2.26. The van der Waals surface area contributed by atoms with E-state index in [1.165, 1.54) is 0 Å². The number of nitrogens with one attached hydrogen (secondary N) is 3. The van der Waals surface area contributed by atoms with Crippen LogP contribution in [0.4, 0.5) is 0 Å². The summed E-state index contributed by atoms with van der Waals surface area (Å²) in [6, 6.07) is 6.93. The number of aromatic nitrogens is 1. The van der Waals surface area contributed by atoms with E-state index in [1.54, 1.807) is 0 Å². The molecule has 1 aliphatic rings. The van der Waals surface area contributed by atoms with Crippen LogP contribution in [0.3, 0.4) is 0 Å². The number of fused-ring (bicyclic) bond motifs is 1. The number of hydrogen-bond donors (Lipinski definition) is 4. The van der Waals surface area contributed by atoms with Gasteiger partial charge in [-0.2, -0.15) is 0 Å². The summed E-state index contributed by atoms with van der Waals surface area (Å²) in [7, 11) is 0. The second kappa shape index (κ2) is 6.19. The average molecular weight is 300 g/mol. The van der Waals surface area contributed by atoms with Crippen molar-refractivity contribution in [1.82, 2.24) is 15.6 Å². The highest BCUT2D eigenvalue weighted by atomic mass is 16.2. The molecule has 5 N–H and O–H groups in total. The minimum absolute atomic E-state index is 0.152. The molecule has 2 amide bonds. The monoisotopic (exact) mass is 300 g/mol. The molecule has 2 aromatic rings. The lowest BCUT2D eigenvalue weighted by atomic mass is 10.0. The topological polar surface area (TPSA) is 100 Å². The van der Waals surface area contributed by atoms with Crippen LogP contribution in [0.1, 0.15) is 18.4 Å². The maximum atomic E-state index is 12.2. The number of nitrogens with two attached hydrogens (primary N) is 1. The van der Waals surface area contributed by atoms with Crippen molar-refractivity contribution in [3.05, 3.63) is 36.0 Å². The van der Waals surface area contributed by atoms with Crippen LogP contribution < -0.4 is 16.4 Å². The van der Waals surface area contributed by atoms with Crippen LogP contribution in [0.15, 0.2) is 30.5 Å². The molecular formula is C16H20N4O2. The Bertz CT molecular complexity index is 688. The smallest absolute Gasteiger partial charge is 0.240 e. The Morgan fingerprint density at radius 1 is 1.36 bits per heavy atom. The first-order valence-electron chi connectivity index (χ1n) is 7.53. The fourth-order valence-corrected chi connectivity index (χ4v) is 2.92. The number of hydrogen-bond acceptors (Lipinski definition) is 3. The van der Waals surface area contributed by atoms with Crippen molar-refractivity contribution >= 4 is 22.7 Å². The van der Waals surface area contributed by atoms with Gasteiger partial charge < -0.3 is 21.4 Å². The fourth-order valence-electron chi connectivity index (χ4n) is 2.92. The zero-order chi connectivity index (χ0) is 15.5. The van der Waals surface area contributed by atoms with Crippen LogP contribution in [-0.4, -0.2) is 35.4 Å². The number of primary amides is 1. The number of carbonyl (C=O) groups is 2. The van der Waals surface area contributed by atoms with Crippen molar-refractivity contribution < 1.29 is 9.59 Å². The van der Waals surface area contributed by atoms with Crippen molar-refractivity contribution in [2.45, 2.75) is 31.3 Å². The highest BCUT2D eigenvalue weighted by molar-refractivity contribution is 5.90. The van der Waals surface area contributed by atoms with E-state index in [-0.39, 0.29) is 11.9 Å². The number of aromatic amines is 1. The van der Waals surface area contributed by atoms with Crippen molar-refractivity contribution in [3.8, 4) is 0 Å². The van der Waals surface area contributed by atoms with Crippen LogP contribution in [0.2, 0.25) is 0 Å². The van der Waals surface area contributed by atoms with E-state index in [0.717, 1.165) is 35.9 Å². The third-order valence-corrected chi connectivity index (χ3v) is 4.14. The molecule has 22 heavy (non-hydrogen) atoms. The minimum atomic E-state index is -0.700. The van der Waals surface area contributed by atoms with Crippen LogP contribution >= 0.6 is 0 Å². The number of rotatable bonds is 5. The molecule has 116 valence electrons. The summed E-state index contributed by atoms with van der Waals surface area (Å²) < 4.78 is 0. The Morgan fingerprint density at radius 2 is 2.18 bits per heavy atom. The molecule has 3 rings (SSSR count). The number of H-pyrrole nitrogens is 1. The summed E-state index contributed by atoms with van der Waals surface area (Å²) in [6.07, 6.45) is 4.02. The Hall–Kier alpha value is -2.34. The molecule has 6 nitrogen and oxygen atoms in total. The summed E-state index contributed by atoms with van der Waals surface area (Å²) >= 11 is 0. The lowest BCUT2D eigenvalue weighted by molar-refractivity contribution is -0.128. The van der Waals surface area contributed by atoms with Gasteiger partial charge in [0, 0.05) is 23.5 Å². The number of benzene rings is 1. The molecule has 0 spiro atoms. The Kier molecular flexibility index (Phi) is 4.11. The molecule has 1 aromatic carbocycles. The number of para-hydroxylation sites is 1. The largest absolute Gasteiger partial charge is 0.368 e. The van der Waals surface area contributed by atoms with Gasteiger partial charge in [0.1, 0.15) is 6.04 Å². The minimum Gasteiger partial charge on any atom is -0.368 e. The van der Waals surface area contributed by atoms with E-state index in [0.29, 0.717) is 6.42 Å². The Labute approximate surface area is 128 Å². The first-order chi connectivity index (χ1) is 10.6. The number of carbonyl (C=O) groups excluding carboxylic acids is 2. The van der Waals surface area contributed by atoms with E-state index in [2.05, 4.69) is 15.6 Å². The normalized spacial score (nSPS) is 19.2. The van der Waals surface area contributed by atoms with E-state index >= 15 is 0 Å². The zero-order valence-electron chi connectivity index (χ0n) is 12.3. The van der Waals surface area contributed by atoms with Crippen LogP contribution in [0, 0.1) is 0 Å². The molecule has 1 aliphatic heterocycles. The first-order valence-corrected chi connectivity index (χ1v) is 7.53. The fraction of sp³-hybridized carbons (Fsp3) is 0.375. The molecule has 2 heterocycles.